The second-order valence-electron chi connectivity index (χ2n) is 17.5. The molecule has 4 heterocycles. The molecule has 1 aromatic heterocycles. The van der Waals surface area contributed by atoms with Gasteiger partial charge >= 0.3 is 17.6 Å². The SMILES string of the molecule is CC(CO)=C1CCc2ccc(cc2)CC(CCc2cccc(Cc3ccccc3)c2)CC(=O)OC2c3c(ccc4c(CO)c(C(CCO)COCO)c(=O)oc34)OC(C)(C)C2OC1=O. The van der Waals surface area contributed by atoms with Gasteiger partial charge in [0.25, 0.3) is 0 Å². The maximum Gasteiger partial charge on any atom is 0.340 e. The minimum absolute atomic E-state index is 0.0163. The van der Waals surface area contributed by atoms with Crippen molar-refractivity contribution in [2.45, 2.75) is 102 Å². The van der Waals surface area contributed by atoms with E-state index in [1.54, 1.807) is 32.9 Å². The fourth-order valence-electron chi connectivity index (χ4n) is 9.15. The van der Waals surface area contributed by atoms with E-state index in [9.17, 15) is 34.8 Å². The lowest BCUT2D eigenvalue weighted by molar-refractivity contribution is -0.188. The largest absolute Gasteiger partial charge is 0.483 e. The third kappa shape index (κ3) is 10.7. The number of hydrogen-bond donors (Lipinski definition) is 4. The molecule has 4 atom stereocenters. The molecule has 64 heavy (non-hydrogen) atoms. The molecule has 12 nitrogen and oxygen atoms in total. The number of carbonyl (C=O) groups excluding carboxylic acids is 2. The summed E-state index contributed by atoms with van der Waals surface area (Å²) < 4.78 is 30.7. The summed E-state index contributed by atoms with van der Waals surface area (Å²) in [4.78, 5) is 43.0. The van der Waals surface area contributed by atoms with Crippen LogP contribution >= 0.6 is 0 Å². The average Bonchev–Trinajstić information content (AvgIpc) is 3.28. The molecule has 2 bridgehead atoms. The summed E-state index contributed by atoms with van der Waals surface area (Å²) >= 11 is 0. The highest BCUT2D eigenvalue weighted by Crippen LogP contribution is 2.48. The van der Waals surface area contributed by atoms with Crippen molar-refractivity contribution in [1.82, 2.24) is 0 Å². The zero-order valence-electron chi connectivity index (χ0n) is 36.7. The number of ether oxygens (including phenoxy) is 4. The number of rotatable bonds is 13. The van der Waals surface area contributed by atoms with Crippen LogP contribution in [-0.2, 0) is 56.1 Å². The normalized spacial score (nSPS) is 20.1. The minimum Gasteiger partial charge on any atom is -0.483 e. The summed E-state index contributed by atoms with van der Waals surface area (Å²) in [6, 6.07) is 30.3. The summed E-state index contributed by atoms with van der Waals surface area (Å²) in [6.07, 6.45) is 1.03. The fraction of sp³-hybridized carbons (Fsp3) is 0.404. The molecule has 0 aliphatic carbocycles. The molecule has 12 heteroatoms. The lowest BCUT2D eigenvalue weighted by Crippen LogP contribution is -2.52. The minimum atomic E-state index is -1.34. The predicted octanol–water partition coefficient (Wildman–Crippen LogP) is 7.11. The Hall–Kier alpha value is -5.63. The van der Waals surface area contributed by atoms with Crippen LogP contribution < -0.4 is 10.4 Å². The second-order valence-corrected chi connectivity index (χ2v) is 17.5. The standard InChI is InChI=1S/C52H58O12/c1-32(28-54)40-19-18-33-12-14-36(15-13-33)26-38(17-16-35-10-7-11-37(25-35)24-34-8-5-4-6-9-34)27-44(57)61-48-46-43(64-52(2,3)49(48)63-50(40)58)21-20-41-42(29-55)45(51(59)62-47(41)46)39(22-23-53)30-60-31-56/h4-15,20-21,25,38-39,48-49,53-56H,16-19,22-24,26-31H2,1-3H3. The molecule has 0 radical (unpaired) electrons. The van der Waals surface area contributed by atoms with E-state index in [0.29, 0.717) is 36.6 Å². The van der Waals surface area contributed by atoms with Crippen LogP contribution in [0.5, 0.6) is 5.75 Å². The van der Waals surface area contributed by atoms with E-state index in [0.717, 1.165) is 23.1 Å². The van der Waals surface area contributed by atoms with Crippen LogP contribution in [0.2, 0.25) is 0 Å². The van der Waals surface area contributed by atoms with E-state index in [4.69, 9.17) is 23.4 Å². The van der Waals surface area contributed by atoms with Gasteiger partial charge in [-0.25, -0.2) is 9.59 Å². The first-order chi connectivity index (χ1) is 30.9. The van der Waals surface area contributed by atoms with Crippen molar-refractivity contribution < 1.29 is 53.4 Å². The molecule has 3 aliphatic rings. The third-order valence-corrected chi connectivity index (χ3v) is 12.5. The molecule has 0 fully saturated rings. The zero-order chi connectivity index (χ0) is 45.4. The Labute approximate surface area is 373 Å². The third-order valence-electron chi connectivity index (χ3n) is 12.5. The zero-order valence-corrected chi connectivity index (χ0v) is 36.7. The van der Waals surface area contributed by atoms with E-state index in [1.165, 1.54) is 11.1 Å². The molecule has 0 saturated heterocycles. The highest BCUT2D eigenvalue weighted by Gasteiger charge is 2.51. The highest BCUT2D eigenvalue weighted by atomic mass is 16.6. The molecule has 3 aliphatic heterocycles. The molecule has 5 aromatic rings. The predicted molar refractivity (Wildman–Crippen MR) is 240 cm³/mol. The fourth-order valence-corrected chi connectivity index (χ4v) is 9.15. The smallest absolute Gasteiger partial charge is 0.340 e. The van der Waals surface area contributed by atoms with E-state index >= 15 is 0 Å². The Morgan fingerprint density at radius 1 is 0.828 bits per heavy atom. The van der Waals surface area contributed by atoms with E-state index in [1.807, 2.05) is 30.3 Å². The Bertz CT molecular complexity index is 2500. The van der Waals surface area contributed by atoms with Crippen LogP contribution in [0.25, 0.3) is 11.0 Å². The van der Waals surface area contributed by atoms with Gasteiger partial charge in [-0.3, -0.25) is 4.79 Å². The first-order valence-corrected chi connectivity index (χ1v) is 22.0. The summed E-state index contributed by atoms with van der Waals surface area (Å²) in [6.45, 7) is 3.07. The number of hydrogen-bond acceptors (Lipinski definition) is 12. The van der Waals surface area contributed by atoms with Crippen molar-refractivity contribution in [2.75, 3.05) is 26.6 Å². The van der Waals surface area contributed by atoms with Crippen LogP contribution in [0.3, 0.4) is 0 Å². The van der Waals surface area contributed by atoms with Gasteiger partial charge in [-0.1, -0.05) is 78.9 Å². The number of aryl methyl sites for hydroxylation is 2. The molecular formula is C52H58O12. The van der Waals surface area contributed by atoms with E-state index in [-0.39, 0.29) is 78.6 Å². The Morgan fingerprint density at radius 3 is 2.28 bits per heavy atom. The lowest BCUT2D eigenvalue weighted by Gasteiger charge is -2.43. The van der Waals surface area contributed by atoms with Crippen molar-refractivity contribution in [1.29, 1.82) is 0 Å². The molecular weight excluding hydrogens is 817 g/mol. The Kier molecular flexibility index (Phi) is 15.1. The van der Waals surface area contributed by atoms with Crippen molar-refractivity contribution >= 4 is 22.9 Å². The van der Waals surface area contributed by atoms with Crippen LogP contribution in [0, 0.1) is 5.92 Å². The van der Waals surface area contributed by atoms with Gasteiger partial charge in [-0.2, -0.15) is 0 Å². The highest BCUT2D eigenvalue weighted by molar-refractivity contribution is 5.90. The molecule has 8 rings (SSSR count). The van der Waals surface area contributed by atoms with Crippen LogP contribution in [0.15, 0.2) is 111 Å². The maximum absolute atomic E-state index is 14.6. The van der Waals surface area contributed by atoms with Gasteiger partial charge in [0.2, 0.25) is 0 Å². The molecule has 4 N–H and O–H groups in total. The molecule has 0 spiro atoms. The van der Waals surface area contributed by atoms with Gasteiger partial charge in [0.1, 0.15) is 23.7 Å². The van der Waals surface area contributed by atoms with E-state index < -0.39 is 54.7 Å². The molecule has 0 amide bonds. The van der Waals surface area contributed by atoms with Crippen LogP contribution in [-0.4, -0.2) is 70.7 Å². The van der Waals surface area contributed by atoms with Gasteiger partial charge in [0.05, 0.1) is 25.4 Å². The van der Waals surface area contributed by atoms with Crippen LogP contribution in [0.1, 0.15) is 103 Å². The number of carbonyl (C=O) groups is 2. The maximum atomic E-state index is 14.6. The second kappa shape index (κ2) is 20.9. The molecule has 4 unspecified atom stereocenters. The summed E-state index contributed by atoms with van der Waals surface area (Å²) in [5, 5.41) is 40.6. The number of benzene rings is 4. The van der Waals surface area contributed by atoms with Gasteiger partial charge in [0, 0.05) is 35.5 Å². The summed E-state index contributed by atoms with van der Waals surface area (Å²) in [5.41, 5.74) is 4.60. The van der Waals surface area contributed by atoms with Crippen molar-refractivity contribution in [3.63, 3.8) is 0 Å². The Morgan fingerprint density at radius 2 is 1.56 bits per heavy atom. The van der Waals surface area contributed by atoms with Gasteiger partial charge in [-0.15, -0.1) is 0 Å². The van der Waals surface area contributed by atoms with Gasteiger partial charge in [0.15, 0.2) is 12.2 Å². The first-order valence-electron chi connectivity index (χ1n) is 22.0. The van der Waals surface area contributed by atoms with Gasteiger partial charge < -0.3 is 43.8 Å². The average molecular weight is 875 g/mol. The number of aliphatic hydroxyl groups is 4. The summed E-state index contributed by atoms with van der Waals surface area (Å²) in [5.74, 6) is -1.95. The number of fused-ring (bicyclic) bond motifs is 13. The Balaban J connectivity index is 1.30. The number of aliphatic hydroxyl groups excluding tert-OH is 4. The quantitative estimate of drug-likeness (QED) is 0.0408. The molecule has 4 aromatic carbocycles. The van der Waals surface area contributed by atoms with Crippen molar-refractivity contribution in [3.05, 3.63) is 157 Å². The van der Waals surface area contributed by atoms with E-state index in [2.05, 4.69) is 48.5 Å². The number of esters is 2. The molecule has 338 valence electrons. The van der Waals surface area contributed by atoms with Crippen molar-refractivity contribution in [2.24, 2.45) is 5.92 Å². The van der Waals surface area contributed by atoms with Gasteiger partial charge in [-0.05, 0) is 123 Å². The molecule has 0 saturated carbocycles. The topological polar surface area (TPSA) is 182 Å². The first kappa shape index (κ1) is 46.4. The lowest BCUT2D eigenvalue weighted by atomic mass is 9.85. The van der Waals surface area contributed by atoms with Crippen LogP contribution in [0.4, 0.5) is 0 Å². The summed E-state index contributed by atoms with van der Waals surface area (Å²) in [7, 11) is 0. The monoisotopic (exact) mass is 874 g/mol. The van der Waals surface area contributed by atoms with Crippen molar-refractivity contribution in [3.8, 4) is 5.75 Å².